The first-order valence-corrected chi connectivity index (χ1v) is 7.04. The van der Waals surface area contributed by atoms with E-state index < -0.39 is 0 Å². The topological polar surface area (TPSA) is 34.0 Å². The Morgan fingerprint density at radius 1 is 1.40 bits per heavy atom. The van der Waals surface area contributed by atoms with Crippen molar-refractivity contribution in [3.8, 4) is 0 Å². The number of piperidine rings is 1. The smallest absolute Gasteiger partial charge is 0.137 e. The average molecular weight is 274 g/mol. The van der Waals surface area contributed by atoms with Gasteiger partial charge in [-0.15, -0.1) is 0 Å². The molecule has 3 rings (SSSR count). The fraction of sp³-hybridized carbons (Fsp3) is 0.467. The van der Waals surface area contributed by atoms with Crippen molar-refractivity contribution in [2.75, 3.05) is 13.1 Å². The van der Waals surface area contributed by atoms with Crippen molar-refractivity contribution < 1.29 is 4.39 Å². The van der Waals surface area contributed by atoms with Gasteiger partial charge in [-0.05, 0) is 49.6 Å². The van der Waals surface area contributed by atoms with E-state index in [1.807, 2.05) is 17.7 Å². The van der Waals surface area contributed by atoms with Crippen molar-refractivity contribution in [1.29, 1.82) is 0 Å². The van der Waals surface area contributed by atoms with Crippen LogP contribution in [0.5, 0.6) is 0 Å². The Morgan fingerprint density at radius 2 is 2.30 bits per heavy atom. The molecule has 0 N–H and O–H groups in total. The zero-order valence-electron chi connectivity index (χ0n) is 11.7. The second-order valence-electron chi connectivity index (χ2n) is 5.48. The van der Waals surface area contributed by atoms with Gasteiger partial charge < -0.3 is 0 Å². The normalized spacial score (nSPS) is 20.2. The summed E-state index contributed by atoms with van der Waals surface area (Å²) in [5.74, 6) is -0.157. The predicted octanol–water partition coefficient (Wildman–Crippen LogP) is 2.56. The highest BCUT2D eigenvalue weighted by molar-refractivity contribution is 5.26. The molecule has 1 saturated heterocycles. The summed E-state index contributed by atoms with van der Waals surface area (Å²) in [5.41, 5.74) is 2.22. The molecule has 0 bridgehead atoms. The standard InChI is InChI=1S/C15H19FN4/c1-12-4-5-14(16)7-13(12)8-19-6-2-3-15(9-19)20-11-17-10-18-20/h4-5,7,10-11,15H,2-3,6,8-9H2,1H3. The molecule has 1 aromatic heterocycles. The van der Waals surface area contributed by atoms with Crippen LogP contribution in [0.1, 0.15) is 30.0 Å². The Balaban J connectivity index is 1.70. The van der Waals surface area contributed by atoms with Gasteiger partial charge in [0.1, 0.15) is 18.5 Å². The molecule has 5 heteroatoms. The molecule has 1 fully saturated rings. The van der Waals surface area contributed by atoms with Crippen LogP contribution in [0.3, 0.4) is 0 Å². The summed E-state index contributed by atoms with van der Waals surface area (Å²) in [6.07, 6.45) is 5.62. The average Bonchev–Trinajstić information content (AvgIpc) is 2.97. The molecular weight excluding hydrogens is 255 g/mol. The molecule has 1 aliphatic heterocycles. The number of hydrogen-bond acceptors (Lipinski definition) is 3. The van der Waals surface area contributed by atoms with Crippen LogP contribution >= 0.6 is 0 Å². The minimum atomic E-state index is -0.157. The largest absolute Gasteiger partial charge is 0.297 e. The molecule has 20 heavy (non-hydrogen) atoms. The fourth-order valence-corrected chi connectivity index (χ4v) is 2.85. The minimum absolute atomic E-state index is 0.157. The van der Waals surface area contributed by atoms with E-state index >= 15 is 0 Å². The van der Waals surface area contributed by atoms with Crippen molar-refractivity contribution in [2.45, 2.75) is 32.4 Å². The van der Waals surface area contributed by atoms with E-state index in [0.29, 0.717) is 6.04 Å². The minimum Gasteiger partial charge on any atom is -0.297 e. The second kappa shape index (κ2) is 5.71. The zero-order valence-corrected chi connectivity index (χ0v) is 11.7. The van der Waals surface area contributed by atoms with Gasteiger partial charge in [-0.2, -0.15) is 5.10 Å². The van der Waals surface area contributed by atoms with Gasteiger partial charge in [0.25, 0.3) is 0 Å². The summed E-state index contributed by atoms with van der Waals surface area (Å²) in [7, 11) is 0. The van der Waals surface area contributed by atoms with Gasteiger partial charge in [0, 0.05) is 13.1 Å². The maximum absolute atomic E-state index is 13.4. The first-order valence-electron chi connectivity index (χ1n) is 7.04. The van der Waals surface area contributed by atoms with Gasteiger partial charge >= 0.3 is 0 Å². The van der Waals surface area contributed by atoms with Gasteiger partial charge in [-0.1, -0.05) is 6.07 Å². The fourth-order valence-electron chi connectivity index (χ4n) is 2.85. The van der Waals surface area contributed by atoms with Gasteiger partial charge in [-0.3, -0.25) is 4.90 Å². The second-order valence-corrected chi connectivity index (χ2v) is 5.48. The molecule has 1 unspecified atom stereocenters. The van der Waals surface area contributed by atoms with Crippen LogP contribution in [0.2, 0.25) is 0 Å². The van der Waals surface area contributed by atoms with Crippen LogP contribution in [-0.4, -0.2) is 32.8 Å². The third-order valence-electron chi connectivity index (χ3n) is 4.00. The Labute approximate surface area is 118 Å². The van der Waals surface area contributed by atoms with Crippen molar-refractivity contribution in [2.24, 2.45) is 0 Å². The summed E-state index contributed by atoms with van der Waals surface area (Å²) in [6.45, 7) is 4.84. The molecule has 1 aliphatic rings. The molecule has 0 aliphatic carbocycles. The number of hydrogen-bond donors (Lipinski definition) is 0. The number of rotatable bonds is 3. The van der Waals surface area contributed by atoms with Crippen molar-refractivity contribution in [3.05, 3.63) is 47.8 Å². The summed E-state index contributed by atoms with van der Waals surface area (Å²) in [5, 5.41) is 4.23. The Bertz CT molecular complexity index is 567. The number of likely N-dealkylation sites (tertiary alicyclic amines) is 1. The highest BCUT2D eigenvalue weighted by atomic mass is 19.1. The third-order valence-corrected chi connectivity index (χ3v) is 4.00. The number of nitrogens with zero attached hydrogens (tertiary/aromatic N) is 4. The van der Waals surface area contributed by atoms with Crippen LogP contribution in [0.4, 0.5) is 4.39 Å². The van der Waals surface area contributed by atoms with Crippen LogP contribution in [-0.2, 0) is 6.54 Å². The van der Waals surface area contributed by atoms with Crippen LogP contribution < -0.4 is 0 Å². The monoisotopic (exact) mass is 274 g/mol. The highest BCUT2D eigenvalue weighted by Crippen LogP contribution is 2.22. The quantitative estimate of drug-likeness (QED) is 0.862. The van der Waals surface area contributed by atoms with Gasteiger partial charge in [0.2, 0.25) is 0 Å². The summed E-state index contributed by atoms with van der Waals surface area (Å²) >= 11 is 0. The lowest BCUT2D eigenvalue weighted by atomic mass is 10.0. The Morgan fingerprint density at radius 3 is 3.10 bits per heavy atom. The number of halogens is 1. The molecule has 1 atom stereocenters. The SMILES string of the molecule is Cc1ccc(F)cc1CN1CCCC(n2cncn2)C1. The first kappa shape index (κ1) is 13.2. The van der Waals surface area contributed by atoms with E-state index in [1.54, 1.807) is 18.7 Å². The summed E-state index contributed by atoms with van der Waals surface area (Å²) in [6, 6.07) is 5.39. The number of aryl methyl sites for hydroxylation is 1. The lowest BCUT2D eigenvalue weighted by Crippen LogP contribution is -2.36. The van der Waals surface area contributed by atoms with Crippen molar-refractivity contribution in [1.82, 2.24) is 19.7 Å². The number of aromatic nitrogens is 3. The maximum atomic E-state index is 13.4. The van der Waals surface area contributed by atoms with E-state index in [4.69, 9.17) is 0 Å². The molecule has 0 radical (unpaired) electrons. The van der Waals surface area contributed by atoms with Gasteiger partial charge in [0.15, 0.2) is 0 Å². The Kier molecular flexibility index (Phi) is 3.78. The molecular formula is C15H19FN4. The van der Waals surface area contributed by atoms with E-state index in [-0.39, 0.29) is 5.82 Å². The van der Waals surface area contributed by atoms with Crippen LogP contribution in [0, 0.1) is 12.7 Å². The predicted molar refractivity (Wildman–Crippen MR) is 74.7 cm³/mol. The molecule has 2 heterocycles. The highest BCUT2D eigenvalue weighted by Gasteiger charge is 2.22. The van der Waals surface area contributed by atoms with Gasteiger partial charge in [-0.25, -0.2) is 14.1 Å². The van der Waals surface area contributed by atoms with E-state index in [9.17, 15) is 4.39 Å². The molecule has 0 amide bonds. The number of benzene rings is 1. The van der Waals surface area contributed by atoms with E-state index in [2.05, 4.69) is 15.0 Å². The van der Waals surface area contributed by atoms with Crippen LogP contribution in [0.25, 0.3) is 0 Å². The Hall–Kier alpha value is -1.75. The lowest BCUT2D eigenvalue weighted by molar-refractivity contribution is 0.162. The van der Waals surface area contributed by atoms with E-state index in [0.717, 1.165) is 43.6 Å². The summed E-state index contributed by atoms with van der Waals surface area (Å²) in [4.78, 5) is 6.39. The summed E-state index contributed by atoms with van der Waals surface area (Å²) < 4.78 is 15.3. The molecule has 0 spiro atoms. The third kappa shape index (κ3) is 2.88. The zero-order chi connectivity index (χ0) is 13.9. The first-order chi connectivity index (χ1) is 9.72. The van der Waals surface area contributed by atoms with E-state index in [1.165, 1.54) is 6.07 Å². The lowest BCUT2D eigenvalue weighted by Gasteiger charge is -2.32. The molecule has 106 valence electrons. The van der Waals surface area contributed by atoms with Crippen LogP contribution in [0.15, 0.2) is 30.9 Å². The molecule has 1 aromatic carbocycles. The van der Waals surface area contributed by atoms with Crippen molar-refractivity contribution in [3.63, 3.8) is 0 Å². The maximum Gasteiger partial charge on any atom is 0.137 e. The molecule has 0 saturated carbocycles. The molecule has 2 aromatic rings. The van der Waals surface area contributed by atoms with Crippen molar-refractivity contribution >= 4 is 0 Å². The van der Waals surface area contributed by atoms with Gasteiger partial charge in [0.05, 0.1) is 6.04 Å². The molecule has 4 nitrogen and oxygen atoms in total.